The van der Waals surface area contributed by atoms with Crippen molar-refractivity contribution >= 4 is 6.08 Å². The fourth-order valence-corrected chi connectivity index (χ4v) is 2.49. The highest BCUT2D eigenvalue weighted by Gasteiger charge is 2.16. The third-order valence-electron chi connectivity index (χ3n) is 4.03. The molecule has 3 heteroatoms. The van der Waals surface area contributed by atoms with Crippen molar-refractivity contribution in [2.24, 2.45) is 0 Å². The van der Waals surface area contributed by atoms with Crippen LogP contribution in [0.4, 0.5) is 0 Å². The second kappa shape index (κ2) is 7.66. The van der Waals surface area contributed by atoms with E-state index in [1.54, 1.807) is 0 Å². The predicted octanol–water partition coefficient (Wildman–Crippen LogP) is 3.13. The Balaban J connectivity index is 1.80. The van der Waals surface area contributed by atoms with E-state index in [9.17, 15) is 0 Å². The normalized spacial score (nSPS) is 17.7. The van der Waals surface area contributed by atoms with E-state index in [4.69, 9.17) is 5.26 Å². The molecule has 2 rings (SSSR count). The summed E-state index contributed by atoms with van der Waals surface area (Å²) < 4.78 is 0. The number of allylic oxidation sites excluding steroid dienone is 2. The van der Waals surface area contributed by atoms with Crippen LogP contribution in [0.25, 0.3) is 6.08 Å². The van der Waals surface area contributed by atoms with Gasteiger partial charge in [-0.2, -0.15) is 5.26 Å². The summed E-state index contributed by atoms with van der Waals surface area (Å²) in [4.78, 5) is 4.76. The van der Waals surface area contributed by atoms with Gasteiger partial charge in [0.1, 0.15) is 0 Å². The molecule has 0 spiro atoms. The first kappa shape index (κ1) is 15.3. The lowest BCUT2D eigenvalue weighted by Crippen LogP contribution is -2.45. The van der Waals surface area contributed by atoms with E-state index in [0.29, 0.717) is 0 Å². The minimum absolute atomic E-state index is 0.826. The fraction of sp³-hybridized carbons (Fsp3) is 0.389. The maximum atomic E-state index is 8.96. The summed E-state index contributed by atoms with van der Waals surface area (Å²) >= 11 is 0. The minimum Gasteiger partial charge on any atom is -0.372 e. The Labute approximate surface area is 127 Å². The Morgan fingerprint density at radius 1 is 1.14 bits per heavy atom. The van der Waals surface area contributed by atoms with Crippen molar-refractivity contribution in [2.45, 2.75) is 13.8 Å². The Bertz CT molecular complexity index is 544. The van der Waals surface area contributed by atoms with Gasteiger partial charge in [0.05, 0.1) is 6.07 Å². The maximum Gasteiger partial charge on any atom is 0.0962 e. The van der Waals surface area contributed by atoms with Crippen molar-refractivity contribution in [3.05, 3.63) is 53.2 Å². The molecule has 0 atom stereocenters. The first-order valence-corrected chi connectivity index (χ1v) is 7.47. The first-order chi connectivity index (χ1) is 10.2. The van der Waals surface area contributed by atoms with Crippen LogP contribution in [0.1, 0.15) is 19.4 Å². The lowest BCUT2D eigenvalue weighted by Gasteiger charge is -2.36. The van der Waals surface area contributed by atoms with Crippen LogP contribution in [-0.4, -0.2) is 42.5 Å². The maximum absolute atomic E-state index is 8.96. The standard InChI is InChI=1S/C18H23N3/c1-16(15-19)17(2)21-13-11-20(12-14-21)10-6-9-18-7-4-3-5-8-18/h3-9H,10-14H2,1-2H3/b9-6+,17-16-. The number of hydrogen-bond donors (Lipinski definition) is 0. The molecule has 0 N–H and O–H groups in total. The topological polar surface area (TPSA) is 30.3 Å². The van der Waals surface area contributed by atoms with E-state index in [2.05, 4.69) is 52.3 Å². The smallest absolute Gasteiger partial charge is 0.0962 e. The number of nitrogens with zero attached hydrogens (tertiary/aromatic N) is 3. The predicted molar refractivity (Wildman–Crippen MR) is 87.5 cm³/mol. The molecule has 1 heterocycles. The zero-order chi connectivity index (χ0) is 15.1. The van der Waals surface area contributed by atoms with Gasteiger partial charge in [0.25, 0.3) is 0 Å². The first-order valence-electron chi connectivity index (χ1n) is 7.47. The lowest BCUT2D eigenvalue weighted by atomic mass is 10.2. The van der Waals surface area contributed by atoms with Crippen LogP contribution in [-0.2, 0) is 0 Å². The molecule has 0 aliphatic carbocycles. The molecule has 21 heavy (non-hydrogen) atoms. The Morgan fingerprint density at radius 2 is 1.81 bits per heavy atom. The summed E-state index contributed by atoms with van der Waals surface area (Å²) in [7, 11) is 0. The zero-order valence-corrected chi connectivity index (χ0v) is 12.9. The largest absolute Gasteiger partial charge is 0.372 e. The van der Waals surface area contributed by atoms with Gasteiger partial charge in [0, 0.05) is 44.0 Å². The number of nitriles is 1. The van der Waals surface area contributed by atoms with Crippen molar-refractivity contribution in [2.75, 3.05) is 32.7 Å². The van der Waals surface area contributed by atoms with Crippen LogP contribution in [0.15, 0.2) is 47.7 Å². The summed E-state index contributed by atoms with van der Waals surface area (Å²) in [5.41, 5.74) is 3.20. The van der Waals surface area contributed by atoms with Crippen molar-refractivity contribution in [3.8, 4) is 6.07 Å². The second-order valence-corrected chi connectivity index (χ2v) is 5.42. The van der Waals surface area contributed by atoms with Gasteiger partial charge in [-0.25, -0.2) is 0 Å². The molecule has 1 aromatic rings. The molecule has 0 unspecified atom stereocenters. The average Bonchev–Trinajstić information content (AvgIpc) is 2.55. The second-order valence-electron chi connectivity index (χ2n) is 5.42. The third-order valence-corrected chi connectivity index (χ3v) is 4.03. The van der Waals surface area contributed by atoms with E-state index >= 15 is 0 Å². The van der Waals surface area contributed by atoms with Crippen LogP contribution < -0.4 is 0 Å². The van der Waals surface area contributed by atoms with Crippen LogP contribution in [0, 0.1) is 11.3 Å². The molecule has 1 aliphatic heterocycles. The van der Waals surface area contributed by atoms with Gasteiger partial charge in [0.2, 0.25) is 0 Å². The average molecular weight is 281 g/mol. The van der Waals surface area contributed by atoms with Crippen LogP contribution in [0.3, 0.4) is 0 Å². The number of piperazine rings is 1. The van der Waals surface area contributed by atoms with Crippen LogP contribution in [0.2, 0.25) is 0 Å². The molecular weight excluding hydrogens is 258 g/mol. The highest BCUT2D eigenvalue weighted by atomic mass is 15.3. The van der Waals surface area contributed by atoms with Crippen molar-refractivity contribution < 1.29 is 0 Å². The molecule has 0 bridgehead atoms. The summed E-state index contributed by atoms with van der Waals surface area (Å²) in [6.45, 7) is 9.04. The summed E-state index contributed by atoms with van der Waals surface area (Å²) in [6, 6.07) is 12.6. The van der Waals surface area contributed by atoms with E-state index in [-0.39, 0.29) is 0 Å². The van der Waals surface area contributed by atoms with Gasteiger partial charge in [0.15, 0.2) is 0 Å². The molecule has 0 radical (unpaired) electrons. The Hall–Kier alpha value is -2.05. The highest BCUT2D eigenvalue weighted by molar-refractivity contribution is 5.48. The zero-order valence-electron chi connectivity index (χ0n) is 12.9. The molecular formula is C18H23N3. The van der Waals surface area contributed by atoms with Gasteiger partial charge in [-0.1, -0.05) is 42.5 Å². The van der Waals surface area contributed by atoms with E-state index < -0.39 is 0 Å². The molecule has 0 saturated carbocycles. The quantitative estimate of drug-likeness (QED) is 0.794. The number of hydrogen-bond acceptors (Lipinski definition) is 3. The Morgan fingerprint density at radius 3 is 2.43 bits per heavy atom. The van der Waals surface area contributed by atoms with Gasteiger partial charge in [-0.15, -0.1) is 0 Å². The number of benzene rings is 1. The van der Waals surface area contributed by atoms with Gasteiger partial charge in [-0.3, -0.25) is 4.90 Å². The summed E-state index contributed by atoms with van der Waals surface area (Å²) in [5, 5.41) is 8.96. The van der Waals surface area contributed by atoms with Crippen molar-refractivity contribution in [1.29, 1.82) is 5.26 Å². The Kier molecular flexibility index (Phi) is 5.59. The lowest BCUT2D eigenvalue weighted by molar-refractivity contribution is 0.171. The fourth-order valence-electron chi connectivity index (χ4n) is 2.49. The molecule has 0 aromatic heterocycles. The molecule has 3 nitrogen and oxygen atoms in total. The molecule has 1 aromatic carbocycles. The SMILES string of the molecule is C/C(C#N)=C(\C)N1CCN(C/C=C/c2ccccc2)CC1. The molecule has 1 fully saturated rings. The van der Waals surface area contributed by atoms with Crippen LogP contribution >= 0.6 is 0 Å². The molecule has 1 saturated heterocycles. The minimum atomic E-state index is 0.826. The highest BCUT2D eigenvalue weighted by Crippen LogP contribution is 2.12. The summed E-state index contributed by atoms with van der Waals surface area (Å²) in [5.74, 6) is 0. The van der Waals surface area contributed by atoms with E-state index in [1.807, 2.05) is 19.9 Å². The summed E-state index contributed by atoms with van der Waals surface area (Å²) in [6.07, 6.45) is 4.41. The van der Waals surface area contributed by atoms with Crippen molar-refractivity contribution in [1.82, 2.24) is 9.80 Å². The molecule has 0 amide bonds. The van der Waals surface area contributed by atoms with E-state index in [0.717, 1.165) is 44.0 Å². The van der Waals surface area contributed by atoms with Crippen LogP contribution in [0.5, 0.6) is 0 Å². The number of rotatable bonds is 4. The van der Waals surface area contributed by atoms with E-state index in [1.165, 1.54) is 5.56 Å². The third kappa shape index (κ3) is 4.47. The van der Waals surface area contributed by atoms with Gasteiger partial charge in [-0.05, 0) is 19.4 Å². The molecule has 110 valence electrons. The van der Waals surface area contributed by atoms with Crippen molar-refractivity contribution in [3.63, 3.8) is 0 Å². The monoisotopic (exact) mass is 281 g/mol. The van der Waals surface area contributed by atoms with Gasteiger partial charge < -0.3 is 4.90 Å². The van der Waals surface area contributed by atoms with Gasteiger partial charge >= 0.3 is 0 Å². The molecule has 1 aliphatic rings.